The highest BCUT2D eigenvalue weighted by Crippen LogP contribution is 2.28. The number of aryl methyl sites for hydroxylation is 1. The van der Waals surface area contributed by atoms with E-state index in [1.807, 2.05) is 17.9 Å². The number of likely N-dealkylation sites (N-methyl/N-ethyl adjacent to an activating group) is 1. The molecular weight excluding hydrogens is 240 g/mol. The van der Waals surface area contributed by atoms with Gasteiger partial charge in [-0.1, -0.05) is 6.92 Å². The van der Waals surface area contributed by atoms with Crippen molar-refractivity contribution in [3.63, 3.8) is 0 Å². The number of ether oxygens (including phenoxy) is 1. The number of nitrogens with zero attached hydrogens (tertiary/aromatic N) is 3. The SMILES string of the molecule is CCC(N)C(c1cnn(C)c1)N(C)C1CCOCC1. The average molecular weight is 266 g/mol. The Morgan fingerprint density at radius 3 is 2.74 bits per heavy atom. The van der Waals surface area contributed by atoms with E-state index < -0.39 is 0 Å². The molecule has 0 aromatic carbocycles. The highest BCUT2D eigenvalue weighted by molar-refractivity contribution is 5.13. The van der Waals surface area contributed by atoms with Crippen molar-refractivity contribution in [1.82, 2.24) is 14.7 Å². The Kier molecular flexibility index (Phi) is 4.96. The number of hydrogen-bond acceptors (Lipinski definition) is 4. The molecule has 2 N–H and O–H groups in total. The van der Waals surface area contributed by atoms with Crippen molar-refractivity contribution in [2.45, 2.75) is 44.3 Å². The van der Waals surface area contributed by atoms with Gasteiger partial charge < -0.3 is 10.5 Å². The zero-order valence-corrected chi connectivity index (χ0v) is 12.2. The fourth-order valence-electron chi connectivity index (χ4n) is 2.92. The Labute approximate surface area is 115 Å². The zero-order chi connectivity index (χ0) is 13.8. The molecule has 0 radical (unpaired) electrons. The van der Waals surface area contributed by atoms with Gasteiger partial charge in [0.15, 0.2) is 0 Å². The van der Waals surface area contributed by atoms with Crippen LogP contribution in [0.3, 0.4) is 0 Å². The molecule has 0 aliphatic carbocycles. The normalized spacial score (nSPS) is 20.7. The third kappa shape index (κ3) is 3.35. The molecule has 1 aromatic heterocycles. The van der Waals surface area contributed by atoms with E-state index in [0.717, 1.165) is 32.5 Å². The molecule has 0 bridgehead atoms. The van der Waals surface area contributed by atoms with Crippen molar-refractivity contribution in [3.05, 3.63) is 18.0 Å². The molecule has 2 atom stereocenters. The van der Waals surface area contributed by atoms with Gasteiger partial charge in [0, 0.05) is 44.1 Å². The monoisotopic (exact) mass is 266 g/mol. The van der Waals surface area contributed by atoms with Crippen LogP contribution in [0.5, 0.6) is 0 Å². The zero-order valence-electron chi connectivity index (χ0n) is 12.2. The lowest BCUT2D eigenvalue weighted by molar-refractivity contribution is 0.0233. The molecular formula is C14H26N4O. The van der Waals surface area contributed by atoms with E-state index in [9.17, 15) is 0 Å². The van der Waals surface area contributed by atoms with Crippen LogP contribution in [0.2, 0.25) is 0 Å². The summed E-state index contributed by atoms with van der Waals surface area (Å²) in [5.41, 5.74) is 7.57. The van der Waals surface area contributed by atoms with Crippen LogP contribution < -0.4 is 5.73 Å². The van der Waals surface area contributed by atoms with E-state index in [1.54, 1.807) is 0 Å². The Morgan fingerprint density at radius 1 is 1.53 bits per heavy atom. The van der Waals surface area contributed by atoms with Gasteiger partial charge in [-0.3, -0.25) is 9.58 Å². The summed E-state index contributed by atoms with van der Waals surface area (Å²) in [7, 11) is 4.13. The van der Waals surface area contributed by atoms with Gasteiger partial charge in [-0.15, -0.1) is 0 Å². The van der Waals surface area contributed by atoms with Crippen LogP contribution in [0, 0.1) is 0 Å². The number of rotatable bonds is 5. The Balaban J connectivity index is 2.16. The van der Waals surface area contributed by atoms with Gasteiger partial charge in [-0.05, 0) is 26.3 Å². The summed E-state index contributed by atoms with van der Waals surface area (Å²) in [6.45, 7) is 3.86. The van der Waals surface area contributed by atoms with Crippen molar-refractivity contribution in [2.24, 2.45) is 12.8 Å². The molecule has 1 aliphatic rings. The van der Waals surface area contributed by atoms with Gasteiger partial charge in [0.05, 0.1) is 12.2 Å². The van der Waals surface area contributed by atoms with Gasteiger partial charge >= 0.3 is 0 Å². The second-order valence-corrected chi connectivity index (χ2v) is 5.47. The molecule has 108 valence electrons. The molecule has 2 unspecified atom stereocenters. The minimum absolute atomic E-state index is 0.136. The second-order valence-electron chi connectivity index (χ2n) is 5.47. The van der Waals surface area contributed by atoms with Crippen LogP contribution >= 0.6 is 0 Å². The maximum absolute atomic E-state index is 6.36. The summed E-state index contributed by atoms with van der Waals surface area (Å²) in [6, 6.07) is 0.926. The van der Waals surface area contributed by atoms with Crippen molar-refractivity contribution < 1.29 is 4.74 Å². The summed E-state index contributed by atoms with van der Waals surface area (Å²) >= 11 is 0. The standard InChI is InChI=1S/C14H26N4O/c1-4-13(15)14(11-9-16-17(2)10-11)18(3)12-5-7-19-8-6-12/h9-10,12-14H,4-8,15H2,1-3H3. The third-order valence-electron chi connectivity index (χ3n) is 4.15. The van der Waals surface area contributed by atoms with Crippen molar-refractivity contribution in [1.29, 1.82) is 0 Å². The summed E-state index contributed by atoms with van der Waals surface area (Å²) < 4.78 is 7.30. The third-order valence-corrected chi connectivity index (χ3v) is 4.15. The van der Waals surface area contributed by atoms with Gasteiger partial charge in [0.2, 0.25) is 0 Å². The minimum Gasteiger partial charge on any atom is -0.381 e. The van der Waals surface area contributed by atoms with E-state index in [-0.39, 0.29) is 12.1 Å². The first-order valence-corrected chi connectivity index (χ1v) is 7.17. The predicted octanol–water partition coefficient (Wildman–Crippen LogP) is 1.31. The van der Waals surface area contributed by atoms with E-state index >= 15 is 0 Å². The van der Waals surface area contributed by atoms with Gasteiger partial charge in [-0.2, -0.15) is 5.10 Å². The minimum atomic E-state index is 0.136. The molecule has 1 saturated heterocycles. The fraction of sp³-hybridized carbons (Fsp3) is 0.786. The predicted molar refractivity (Wildman–Crippen MR) is 75.8 cm³/mol. The largest absolute Gasteiger partial charge is 0.381 e. The summed E-state index contributed by atoms with van der Waals surface area (Å²) in [5, 5.41) is 4.29. The van der Waals surface area contributed by atoms with Gasteiger partial charge in [0.1, 0.15) is 0 Å². The molecule has 0 amide bonds. The van der Waals surface area contributed by atoms with E-state index in [1.165, 1.54) is 5.56 Å². The first kappa shape index (κ1) is 14.5. The van der Waals surface area contributed by atoms with Crippen molar-refractivity contribution >= 4 is 0 Å². The summed E-state index contributed by atoms with van der Waals surface area (Å²) in [4.78, 5) is 2.42. The van der Waals surface area contributed by atoms with Crippen LogP contribution in [0.4, 0.5) is 0 Å². The van der Waals surface area contributed by atoms with E-state index in [4.69, 9.17) is 10.5 Å². The lowest BCUT2D eigenvalue weighted by atomic mass is 9.96. The Hall–Kier alpha value is -0.910. The van der Waals surface area contributed by atoms with Crippen LogP contribution in [0.15, 0.2) is 12.4 Å². The highest BCUT2D eigenvalue weighted by atomic mass is 16.5. The molecule has 0 spiro atoms. The molecule has 0 saturated carbocycles. The first-order valence-electron chi connectivity index (χ1n) is 7.17. The summed E-state index contributed by atoms with van der Waals surface area (Å²) in [5.74, 6) is 0. The Bertz CT molecular complexity index is 387. The number of aromatic nitrogens is 2. The van der Waals surface area contributed by atoms with Crippen LogP contribution in [-0.4, -0.2) is 47.0 Å². The maximum atomic E-state index is 6.36. The molecule has 1 aromatic rings. The molecule has 5 nitrogen and oxygen atoms in total. The average Bonchev–Trinajstić information content (AvgIpc) is 2.86. The fourth-order valence-corrected chi connectivity index (χ4v) is 2.92. The van der Waals surface area contributed by atoms with Crippen LogP contribution in [0.1, 0.15) is 37.8 Å². The molecule has 2 heterocycles. The molecule has 1 aliphatic heterocycles. The molecule has 19 heavy (non-hydrogen) atoms. The van der Waals surface area contributed by atoms with E-state index in [0.29, 0.717) is 6.04 Å². The molecule has 2 rings (SSSR count). The number of nitrogens with two attached hydrogens (primary N) is 1. The lowest BCUT2D eigenvalue weighted by Crippen LogP contribution is -2.45. The molecule has 1 fully saturated rings. The molecule has 5 heteroatoms. The van der Waals surface area contributed by atoms with Crippen molar-refractivity contribution in [2.75, 3.05) is 20.3 Å². The Morgan fingerprint density at radius 2 is 2.21 bits per heavy atom. The smallest absolute Gasteiger partial charge is 0.0538 e. The number of hydrogen-bond donors (Lipinski definition) is 1. The first-order chi connectivity index (χ1) is 9.13. The van der Waals surface area contributed by atoms with Gasteiger partial charge in [0.25, 0.3) is 0 Å². The van der Waals surface area contributed by atoms with Crippen molar-refractivity contribution in [3.8, 4) is 0 Å². The van der Waals surface area contributed by atoms with Crippen LogP contribution in [-0.2, 0) is 11.8 Å². The lowest BCUT2D eigenvalue weighted by Gasteiger charge is -2.39. The van der Waals surface area contributed by atoms with E-state index in [2.05, 4.69) is 30.2 Å². The quantitative estimate of drug-likeness (QED) is 0.873. The topological polar surface area (TPSA) is 56.3 Å². The van der Waals surface area contributed by atoms with Crippen LogP contribution in [0.25, 0.3) is 0 Å². The summed E-state index contributed by atoms with van der Waals surface area (Å²) in [6.07, 6.45) is 7.16. The maximum Gasteiger partial charge on any atom is 0.0538 e. The second kappa shape index (κ2) is 6.50. The van der Waals surface area contributed by atoms with Gasteiger partial charge in [-0.25, -0.2) is 0 Å². The highest BCUT2D eigenvalue weighted by Gasteiger charge is 2.30.